The van der Waals surface area contributed by atoms with E-state index in [4.69, 9.17) is 17.3 Å². The average molecular weight is 274 g/mol. The summed E-state index contributed by atoms with van der Waals surface area (Å²) in [6.45, 7) is 0. The standard InChI is InChI=1S/C14H9ClFN3/c15-11-4-1-5-12(16)13(11)14(18)10(7-17)9-3-2-6-19-8-9/h1-6,8H,18H2/b14-10-. The summed E-state index contributed by atoms with van der Waals surface area (Å²) in [5.74, 6) is -0.568. The zero-order valence-electron chi connectivity index (χ0n) is 9.77. The molecule has 0 aliphatic heterocycles. The number of pyridine rings is 1. The number of allylic oxidation sites excluding steroid dienone is 1. The molecule has 0 saturated heterocycles. The molecule has 2 aromatic rings. The van der Waals surface area contributed by atoms with Crippen molar-refractivity contribution in [2.24, 2.45) is 5.73 Å². The van der Waals surface area contributed by atoms with Crippen LogP contribution in [0.2, 0.25) is 5.02 Å². The minimum Gasteiger partial charge on any atom is -0.397 e. The van der Waals surface area contributed by atoms with Gasteiger partial charge in [-0.25, -0.2) is 4.39 Å². The molecule has 0 fully saturated rings. The van der Waals surface area contributed by atoms with E-state index in [-0.39, 0.29) is 21.9 Å². The van der Waals surface area contributed by atoms with E-state index in [9.17, 15) is 9.65 Å². The second-order valence-corrected chi connectivity index (χ2v) is 4.15. The molecular weight excluding hydrogens is 265 g/mol. The van der Waals surface area contributed by atoms with Crippen LogP contribution in [0.5, 0.6) is 0 Å². The molecule has 0 spiro atoms. The lowest BCUT2D eigenvalue weighted by molar-refractivity contribution is 0.624. The Hall–Kier alpha value is -2.38. The highest BCUT2D eigenvalue weighted by Gasteiger charge is 2.15. The summed E-state index contributed by atoms with van der Waals surface area (Å²) in [6.07, 6.45) is 3.06. The summed E-state index contributed by atoms with van der Waals surface area (Å²) in [5, 5.41) is 9.37. The van der Waals surface area contributed by atoms with E-state index in [0.29, 0.717) is 5.56 Å². The number of hydrogen-bond donors (Lipinski definition) is 1. The molecule has 0 saturated carbocycles. The van der Waals surface area contributed by atoms with Crippen LogP contribution in [0.15, 0.2) is 42.7 Å². The maximum Gasteiger partial charge on any atom is 0.134 e. The van der Waals surface area contributed by atoms with Crippen LogP contribution in [-0.2, 0) is 0 Å². The zero-order chi connectivity index (χ0) is 13.8. The van der Waals surface area contributed by atoms with Gasteiger partial charge in [0.2, 0.25) is 0 Å². The number of halogens is 2. The van der Waals surface area contributed by atoms with Crippen molar-refractivity contribution in [3.63, 3.8) is 0 Å². The van der Waals surface area contributed by atoms with Crippen LogP contribution >= 0.6 is 11.6 Å². The Bertz CT molecular complexity index is 655. The molecule has 1 aromatic heterocycles. The number of aromatic nitrogens is 1. The topological polar surface area (TPSA) is 62.7 Å². The van der Waals surface area contributed by atoms with E-state index in [1.54, 1.807) is 18.3 Å². The van der Waals surface area contributed by atoms with Crippen LogP contribution in [0.25, 0.3) is 11.3 Å². The number of hydrogen-bond acceptors (Lipinski definition) is 3. The van der Waals surface area contributed by atoms with E-state index in [1.165, 1.54) is 24.4 Å². The first-order chi connectivity index (χ1) is 9.15. The molecule has 1 heterocycles. The molecule has 0 bridgehead atoms. The van der Waals surface area contributed by atoms with Gasteiger partial charge in [-0.3, -0.25) is 4.98 Å². The summed E-state index contributed by atoms with van der Waals surface area (Å²) in [6, 6.07) is 9.54. The van der Waals surface area contributed by atoms with Gasteiger partial charge in [0.05, 0.1) is 21.9 Å². The molecule has 0 aliphatic rings. The lowest BCUT2D eigenvalue weighted by Gasteiger charge is -2.09. The second kappa shape index (κ2) is 5.51. The predicted octanol–water partition coefficient (Wildman–Crippen LogP) is 3.22. The Morgan fingerprint density at radius 3 is 2.68 bits per heavy atom. The van der Waals surface area contributed by atoms with Gasteiger partial charge >= 0.3 is 0 Å². The Balaban J connectivity index is 2.67. The summed E-state index contributed by atoms with van der Waals surface area (Å²) >= 11 is 5.93. The smallest absolute Gasteiger partial charge is 0.134 e. The first-order valence-electron chi connectivity index (χ1n) is 5.39. The number of nitrogens with two attached hydrogens (primary N) is 1. The van der Waals surface area contributed by atoms with E-state index < -0.39 is 5.82 Å². The fourth-order valence-electron chi connectivity index (χ4n) is 1.67. The highest BCUT2D eigenvalue weighted by atomic mass is 35.5. The highest BCUT2D eigenvalue weighted by Crippen LogP contribution is 2.28. The van der Waals surface area contributed by atoms with Crippen molar-refractivity contribution in [3.05, 3.63) is 64.7 Å². The van der Waals surface area contributed by atoms with Gasteiger partial charge in [-0.15, -0.1) is 0 Å². The maximum absolute atomic E-state index is 13.8. The lowest BCUT2D eigenvalue weighted by atomic mass is 10.0. The van der Waals surface area contributed by atoms with Crippen molar-refractivity contribution in [2.45, 2.75) is 0 Å². The van der Waals surface area contributed by atoms with Gasteiger partial charge in [0.25, 0.3) is 0 Å². The van der Waals surface area contributed by atoms with Gasteiger partial charge in [-0.2, -0.15) is 5.26 Å². The SMILES string of the molecule is N#C/C(=C(/N)c1c(F)cccc1Cl)c1cccnc1. The van der Waals surface area contributed by atoms with Crippen LogP contribution < -0.4 is 5.73 Å². The van der Waals surface area contributed by atoms with Crippen molar-refractivity contribution < 1.29 is 4.39 Å². The van der Waals surface area contributed by atoms with E-state index >= 15 is 0 Å². The Kier molecular flexibility index (Phi) is 3.79. The van der Waals surface area contributed by atoms with Crippen LogP contribution in [0, 0.1) is 17.1 Å². The van der Waals surface area contributed by atoms with Gasteiger partial charge in [-0.05, 0) is 18.2 Å². The fraction of sp³-hybridized carbons (Fsp3) is 0. The minimum absolute atomic E-state index is 0.00130. The van der Waals surface area contributed by atoms with Crippen molar-refractivity contribution in [1.82, 2.24) is 4.98 Å². The fourth-order valence-corrected chi connectivity index (χ4v) is 1.94. The normalized spacial score (nSPS) is 11.6. The highest BCUT2D eigenvalue weighted by molar-refractivity contribution is 6.32. The van der Waals surface area contributed by atoms with Crippen molar-refractivity contribution in [2.75, 3.05) is 0 Å². The molecule has 0 aliphatic carbocycles. The second-order valence-electron chi connectivity index (χ2n) is 3.74. The molecule has 3 nitrogen and oxygen atoms in total. The predicted molar refractivity (Wildman–Crippen MR) is 72.3 cm³/mol. The van der Waals surface area contributed by atoms with Gasteiger partial charge in [-0.1, -0.05) is 23.7 Å². The maximum atomic E-state index is 13.8. The molecule has 94 valence electrons. The van der Waals surface area contributed by atoms with Crippen LogP contribution in [0.3, 0.4) is 0 Å². The third-order valence-electron chi connectivity index (χ3n) is 2.56. The Morgan fingerprint density at radius 2 is 2.11 bits per heavy atom. The van der Waals surface area contributed by atoms with Gasteiger partial charge in [0, 0.05) is 18.0 Å². The first-order valence-corrected chi connectivity index (χ1v) is 5.77. The lowest BCUT2D eigenvalue weighted by Crippen LogP contribution is -2.04. The molecule has 19 heavy (non-hydrogen) atoms. The Labute approximate surface area is 114 Å². The molecule has 0 radical (unpaired) electrons. The summed E-state index contributed by atoms with van der Waals surface area (Å²) in [4.78, 5) is 3.91. The molecule has 5 heteroatoms. The van der Waals surface area contributed by atoms with Gasteiger partial charge < -0.3 is 5.73 Å². The number of benzene rings is 1. The number of rotatable bonds is 2. The van der Waals surface area contributed by atoms with Gasteiger partial charge in [0.15, 0.2) is 0 Å². The van der Waals surface area contributed by atoms with Crippen LogP contribution in [0.4, 0.5) is 4.39 Å². The summed E-state index contributed by atoms with van der Waals surface area (Å²) < 4.78 is 13.8. The number of nitrogens with zero attached hydrogens (tertiary/aromatic N) is 2. The largest absolute Gasteiger partial charge is 0.397 e. The van der Waals surface area contributed by atoms with Crippen molar-refractivity contribution in [1.29, 1.82) is 5.26 Å². The summed E-state index contributed by atoms with van der Waals surface area (Å²) in [7, 11) is 0. The van der Waals surface area contributed by atoms with Gasteiger partial charge in [0.1, 0.15) is 11.9 Å². The quantitative estimate of drug-likeness (QED) is 0.855. The minimum atomic E-state index is -0.568. The van der Waals surface area contributed by atoms with Crippen LogP contribution in [-0.4, -0.2) is 4.98 Å². The van der Waals surface area contributed by atoms with Crippen molar-refractivity contribution in [3.8, 4) is 6.07 Å². The molecular formula is C14H9ClFN3. The average Bonchev–Trinajstić information content (AvgIpc) is 2.40. The molecule has 1 aromatic carbocycles. The van der Waals surface area contributed by atoms with E-state index in [2.05, 4.69) is 4.98 Å². The molecule has 0 atom stereocenters. The number of nitriles is 1. The van der Waals surface area contributed by atoms with E-state index in [1.807, 2.05) is 6.07 Å². The molecule has 2 N–H and O–H groups in total. The Morgan fingerprint density at radius 1 is 1.32 bits per heavy atom. The third kappa shape index (κ3) is 2.56. The van der Waals surface area contributed by atoms with Crippen LogP contribution in [0.1, 0.15) is 11.1 Å². The third-order valence-corrected chi connectivity index (χ3v) is 2.88. The molecule has 0 amide bonds. The monoisotopic (exact) mass is 273 g/mol. The molecule has 2 rings (SSSR count). The van der Waals surface area contributed by atoms with Crippen molar-refractivity contribution >= 4 is 22.9 Å². The first kappa shape index (κ1) is 13.1. The zero-order valence-corrected chi connectivity index (χ0v) is 10.5. The summed E-state index contributed by atoms with van der Waals surface area (Å²) in [5.41, 5.74) is 6.57. The molecule has 0 unspecified atom stereocenters. The van der Waals surface area contributed by atoms with E-state index in [0.717, 1.165) is 0 Å².